The van der Waals surface area contributed by atoms with Gasteiger partial charge in [-0.3, -0.25) is 0 Å². The highest BCUT2D eigenvalue weighted by Gasteiger charge is 2.42. The first kappa shape index (κ1) is 12.6. The molecule has 2 heteroatoms. The Bertz CT molecular complexity index is 352. The number of hydrogen-bond acceptors (Lipinski definition) is 2. The molecule has 0 saturated heterocycles. The summed E-state index contributed by atoms with van der Waals surface area (Å²) in [4.78, 5) is 0. The zero-order valence-corrected chi connectivity index (χ0v) is 11.0. The normalized spacial score (nSPS) is 19.7. The van der Waals surface area contributed by atoms with Crippen LogP contribution in [0.5, 0.6) is 0 Å². The van der Waals surface area contributed by atoms with Crippen LogP contribution in [0.2, 0.25) is 0 Å². The molecule has 1 aromatic rings. The maximum atomic E-state index is 6.47. The summed E-state index contributed by atoms with van der Waals surface area (Å²) >= 11 is 0. The fraction of sp³-hybridized carbons (Fsp3) is 0.600. The number of aryl methyl sites for hydroxylation is 1. The monoisotopic (exact) mass is 232 g/mol. The maximum Gasteiger partial charge on any atom is 0.0364 e. The summed E-state index contributed by atoms with van der Waals surface area (Å²) in [7, 11) is 2.02. The number of hydrogen-bond donors (Lipinski definition) is 2. The molecule has 3 N–H and O–H groups in total. The van der Waals surface area contributed by atoms with Crippen molar-refractivity contribution in [2.45, 2.75) is 38.6 Å². The Morgan fingerprint density at radius 3 is 2.35 bits per heavy atom. The summed E-state index contributed by atoms with van der Waals surface area (Å²) in [5.74, 6) is 0. The van der Waals surface area contributed by atoms with E-state index in [0.717, 1.165) is 13.0 Å². The molecule has 1 fully saturated rings. The van der Waals surface area contributed by atoms with E-state index in [4.69, 9.17) is 5.73 Å². The summed E-state index contributed by atoms with van der Waals surface area (Å²) in [5.41, 5.74) is 9.44. The Labute approximate surface area is 105 Å². The molecule has 0 heterocycles. The van der Waals surface area contributed by atoms with Crippen molar-refractivity contribution in [2.75, 3.05) is 13.6 Å². The van der Waals surface area contributed by atoms with Gasteiger partial charge in [0.2, 0.25) is 0 Å². The second kappa shape index (κ2) is 5.19. The molecule has 2 rings (SSSR count). The van der Waals surface area contributed by atoms with Crippen molar-refractivity contribution in [2.24, 2.45) is 11.1 Å². The van der Waals surface area contributed by atoms with E-state index in [1.165, 1.54) is 30.4 Å². The van der Waals surface area contributed by atoms with Gasteiger partial charge < -0.3 is 11.1 Å². The van der Waals surface area contributed by atoms with Gasteiger partial charge in [-0.2, -0.15) is 0 Å². The van der Waals surface area contributed by atoms with Crippen molar-refractivity contribution in [3.05, 3.63) is 35.4 Å². The van der Waals surface area contributed by atoms with Crippen molar-refractivity contribution in [1.29, 1.82) is 0 Å². The number of rotatable bonds is 5. The Hall–Kier alpha value is -0.860. The smallest absolute Gasteiger partial charge is 0.0364 e. The topological polar surface area (TPSA) is 38.0 Å². The van der Waals surface area contributed by atoms with Gasteiger partial charge in [-0.15, -0.1) is 0 Å². The molecule has 1 aromatic carbocycles. The first-order valence-corrected chi connectivity index (χ1v) is 6.71. The third-order valence-electron chi connectivity index (χ3n) is 4.28. The van der Waals surface area contributed by atoms with Gasteiger partial charge in [0.05, 0.1) is 0 Å². The average Bonchev–Trinajstić information content (AvgIpc) is 2.33. The van der Waals surface area contributed by atoms with Crippen molar-refractivity contribution < 1.29 is 0 Å². The van der Waals surface area contributed by atoms with Gasteiger partial charge in [0.15, 0.2) is 0 Å². The highest BCUT2D eigenvalue weighted by atomic mass is 14.9. The first-order chi connectivity index (χ1) is 8.22. The molecule has 1 aliphatic carbocycles. The quantitative estimate of drug-likeness (QED) is 0.819. The molecule has 0 amide bonds. The van der Waals surface area contributed by atoms with E-state index >= 15 is 0 Å². The van der Waals surface area contributed by atoms with Crippen LogP contribution in [-0.4, -0.2) is 13.6 Å². The highest BCUT2D eigenvalue weighted by molar-refractivity contribution is 5.27. The molecule has 94 valence electrons. The zero-order chi connectivity index (χ0) is 12.3. The molecule has 0 radical (unpaired) electrons. The second-order valence-electron chi connectivity index (χ2n) is 5.32. The van der Waals surface area contributed by atoms with Crippen molar-refractivity contribution >= 4 is 0 Å². The SMILES string of the molecule is CCc1ccc(C(N)C2(CNC)CCC2)cc1. The number of nitrogens with two attached hydrogens (primary N) is 1. The van der Waals surface area contributed by atoms with Crippen LogP contribution >= 0.6 is 0 Å². The van der Waals surface area contributed by atoms with E-state index in [9.17, 15) is 0 Å². The predicted molar refractivity (Wildman–Crippen MR) is 73.0 cm³/mol. The van der Waals surface area contributed by atoms with Gasteiger partial charge in [0.25, 0.3) is 0 Å². The number of benzene rings is 1. The fourth-order valence-corrected chi connectivity index (χ4v) is 2.89. The summed E-state index contributed by atoms with van der Waals surface area (Å²) in [6, 6.07) is 9.01. The zero-order valence-electron chi connectivity index (χ0n) is 11.0. The van der Waals surface area contributed by atoms with Crippen molar-refractivity contribution in [3.63, 3.8) is 0 Å². The van der Waals surface area contributed by atoms with Gasteiger partial charge in [0.1, 0.15) is 0 Å². The van der Waals surface area contributed by atoms with E-state index in [-0.39, 0.29) is 6.04 Å². The highest BCUT2D eigenvalue weighted by Crippen LogP contribution is 2.48. The summed E-state index contributed by atoms with van der Waals surface area (Å²) < 4.78 is 0. The first-order valence-electron chi connectivity index (χ1n) is 6.71. The van der Waals surface area contributed by atoms with Crippen LogP contribution in [0.1, 0.15) is 43.4 Å². The second-order valence-corrected chi connectivity index (χ2v) is 5.32. The van der Waals surface area contributed by atoms with Gasteiger partial charge in [-0.1, -0.05) is 37.6 Å². The van der Waals surface area contributed by atoms with Crippen molar-refractivity contribution in [3.8, 4) is 0 Å². The van der Waals surface area contributed by atoms with E-state index in [1.807, 2.05) is 7.05 Å². The van der Waals surface area contributed by atoms with Crippen LogP contribution in [0.25, 0.3) is 0 Å². The van der Waals surface area contributed by atoms with Gasteiger partial charge in [0, 0.05) is 18.0 Å². The lowest BCUT2D eigenvalue weighted by atomic mass is 9.62. The molecule has 0 spiro atoms. The van der Waals surface area contributed by atoms with Crippen LogP contribution in [0.4, 0.5) is 0 Å². The third kappa shape index (κ3) is 2.38. The van der Waals surface area contributed by atoms with Gasteiger partial charge in [-0.05, 0) is 37.4 Å². The van der Waals surface area contributed by atoms with Crippen LogP contribution < -0.4 is 11.1 Å². The summed E-state index contributed by atoms with van der Waals surface area (Å²) in [6.45, 7) is 3.22. The van der Waals surface area contributed by atoms with Gasteiger partial charge >= 0.3 is 0 Å². The molecular formula is C15H24N2. The maximum absolute atomic E-state index is 6.47. The van der Waals surface area contributed by atoms with E-state index in [2.05, 4.69) is 36.5 Å². The molecule has 17 heavy (non-hydrogen) atoms. The fourth-order valence-electron chi connectivity index (χ4n) is 2.89. The van der Waals surface area contributed by atoms with E-state index in [1.54, 1.807) is 0 Å². The Kier molecular flexibility index (Phi) is 3.85. The van der Waals surface area contributed by atoms with Gasteiger partial charge in [-0.25, -0.2) is 0 Å². The molecule has 1 unspecified atom stereocenters. The molecule has 0 bridgehead atoms. The van der Waals surface area contributed by atoms with Crippen molar-refractivity contribution in [1.82, 2.24) is 5.32 Å². The lowest BCUT2D eigenvalue weighted by molar-refractivity contribution is 0.0947. The van der Waals surface area contributed by atoms with Crippen LogP contribution in [0, 0.1) is 5.41 Å². The molecule has 1 aliphatic rings. The minimum Gasteiger partial charge on any atom is -0.323 e. The average molecular weight is 232 g/mol. The minimum absolute atomic E-state index is 0.176. The van der Waals surface area contributed by atoms with Crippen LogP contribution in [0.3, 0.4) is 0 Å². The minimum atomic E-state index is 0.176. The van der Waals surface area contributed by atoms with E-state index in [0.29, 0.717) is 5.41 Å². The molecular weight excluding hydrogens is 208 g/mol. The predicted octanol–water partition coefficient (Wildman–Crippen LogP) is 2.64. The molecule has 1 saturated carbocycles. The Balaban J connectivity index is 2.14. The lowest BCUT2D eigenvalue weighted by Crippen LogP contribution is -2.46. The lowest BCUT2D eigenvalue weighted by Gasteiger charge is -2.46. The Morgan fingerprint density at radius 1 is 1.29 bits per heavy atom. The molecule has 0 aliphatic heterocycles. The number of nitrogens with one attached hydrogen (secondary N) is 1. The van der Waals surface area contributed by atoms with E-state index < -0.39 is 0 Å². The summed E-state index contributed by atoms with van der Waals surface area (Å²) in [5, 5.41) is 3.30. The Morgan fingerprint density at radius 2 is 1.94 bits per heavy atom. The van der Waals surface area contributed by atoms with Crippen LogP contribution in [0.15, 0.2) is 24.3 Å². The van der Waals surface area contributed by atoms with Crippen LogP contribution in [-0.2, 0) is 6.42 Å². The summed E-state index contributed by atoms with van der Waals surface area (Å²) in [6.07, 6.45) is 4.93. The molecule has 2 nitrogen and oxygen atoms in total. The standard InChI is InChI=1S/C15H24N2/c1-3-12-5-7-13(8-6-12)14(16)15(11-17-2)9-4-10-15/h5-8,14,17H,3-4,9-11,16H2,1-2H3. The molecule has 0 aromatic heterocycles. The largest absolute Gasteiger partial charge is 0.323 e. The molecule has 1 atom stereocenters. The third-order valence-corrected chi connectivity index (χ3v) is 4.28.